The third kappa shape index (κ3) is 6.41. The van der Waals surface area contributed by atoms with Gasteiger partial charge in [0, 0.05) is 5.56 Å². The SMILES string of the molecule is CC.CC.CC(=O)c1ccc(C)cc1. The summed E-state index contributed by atoms with van der Waals surface area (Å²) in [4.78, 5) is 10.8. The number of Topliss-reactive ketones (excluding diaryl/α,β-unsaturated/α-hetero) is 1. The molecule has 1 aromatic carbocycles. The standard InChI is InChI=1S/C9H10O.2C2H6/c1-7-3-5-9(6-4-7)8(2)10;2*1-2/h3-6H,1-2H3;2*1-2H3. The molecule has 0 amide bonds. The molecular weight excluding hydrogens is 172 g/mol. The molecule has 0 saturated carbocycles. The van der Waals surface area contributed by atoms with Crippen LogP contribution in [0.3, 0.4) is 0 Å². The summed E-state index contributed by atoms with van der Waals surface area (Å²) in [5, 5.41) is 0. The van der Waals surface area contributed by atoms with Gasteiger partial charge in [-0.1, -0.05) is 57.5 Å². The highest BCUT2D eigenvalue weighted by molar-refractivity contribution is 5.93. The third-order valence-electron chi connectivity index (χ3n) is 1.46. The molecule has 0 radical (unpaired) electrons. The van der Waals surface area contributed by atoms with E-state index in [0.29, 0.717) is 0 Å². The van der Waals surface area contributed by atoms with Gasteiger partial charge in [0.25, 0.3) is 0 Å². The Kier molecular flexibility index (Phi) is 10.9. The molecule has 0 atom stereocenters. The molecule has 1 aromatic rings. The summed E-state index contributed by atoms with van der Waals surface area (Å²) in [5.41, 5.74) is 1.97. The lowest BCUT2D eigenvalue weighted by Gasteiger charge is -1.93. The van der Waals surface area contributed by atoms with E-state index in [1.165, 1.54) is 5.56 Å². The molecule has 0 saturated heterocycles. The van der Waals surface area contributed by atoms with Crippen molar-refractivity contribution in [2.24, 2.45) is 0 Å². The zero-order valence-electron chi connectivity index (χ0n) is 10.2. The molecule has 0 bridgehead atoms. The first-order chi connectivity index (χ1) is 6.70. The van der Waals surface area contributed by atoms with Gasteiger partial charge in [-0.05, 0) is 13.8 Å². The number of carbonyl (C=O) groups excluding carboxylic acids is 1. The lowest BCUT2D eigenvalue weighted by Crippen LogP contribution is -1.90. The average Bonchev–Trinajstić information content (AvgIpc) is 2.24. The Balaban J connectivity index is 0. The number of benzene rings is 1. The van der Waals surface area contributed by atoms with E-state index in [0.717, 1.165) is 5.56 Å². The van der Waals surface area contributed by atoms with Crippen molar-refractivity contribution >= 4 is 5.78 Å². The maximum absolute atomic E-state index is 10.8. The number of rotatable bonds is 1. The number of aryl methyl sites for hydroxylation is 1. The zero-order valence-corrected chi connectivity index (χ0v) is 10.2. The maximum Gasteiger partial charge on any atom is 0.159 e. The van der Waals surface area contributed by atoms with E-state index in [2.05, 4.69) is 0 Å². The molecule has 0 aliphatic carbocycles. The molecule has 0 N–H and O–H groups in total. The summed E-state index contributed by atoms with van der Waals surface area (Å²) in [7, 11) is 0. The molecule has 0 aromatic heterocycles. The summed E-state index contributed by atoms with van der Waals surface area (Å²) in [6.07, 6.45) is 0. The quantitative estimate of drug-likeness (QED) is 0.611. The van der Waals surface area contributed by atoms with Gasteiger partial charge in [0.15, 0.2) is 5.78 Å². The van der Waals surface area contributed by atoms with Crippen molar-refractivity contribution in [1.82, 2.24) is 0 Å². The van der Waals surface area contributed by atoms with Crippen molar-refractivity contribution in [2.75, 3.05) is 0 Å². The lowest BCUT2D eigenvalue weighted by atomic mass is 10.1. The van der Waals surface area contributed by atoms with E-state index < -0.39 is 0 Å². The van der Waals surface area contributed by atoms with Gasteiger partial charge in [0.1, 0.15) is 0 Å². The predicted octanol–water partition coefficient (Wildman–Crippen LogP) is 4.25. The fourth-order valence-corrected chi connectivity index (χ4v) is 0.788. The molecule has 80 valence electrons. The van der Waals surface area contributed by atoms with Crippen molar-refractivity contribution in [3.63, 3.8) is 0 Å². The van der Waals surface area contributed by atoms with Gasteiger partial charge >= 0.3 is 0 Å². The van der Waals surface area contributed by atoms with E-state index >= 15 is 0 Å². The van der Waals surface area contributed by atoms with Crippen LogP contribution in [0.4, 0.5) is 0 Å². The Morgan fingerprint density at radius 3 is 1.57 bits per heavy atom. The molecule has 0 aliphatic rings. The van der Waals surface area contributed by atoms with Crippen LogP contribution in [0.25, 0.3) is 0 Å². The molecule has 1 heteroatoms. The van der Waals surface area contributed by atoms with Gasteiger partial charge in [-0.25, -0.2) is 0 Å². The normalized spacial score (nSPS) is 7.57. The first-order valence-electron chi connectivity index (χ1n) is 5.28. The fraction of sp³-hybridized carbons (Fsp3) is 0.462. The second-order valence-corrected chi connectivity index (χ2v) is 2.42. The second-order valence-electron chi connectivity index (χ2n) is 2.42. The maximum atomic E-state index is 10.8. The first-order valence-corrected chi connectivity index (χ1v) is 5.28. The van der Waals surface area contributed by atoms with Crippen LogP contribution in [-0.4, -0.2) is 5.78 Å². The Morgan fingerprint density at radius 1 is 0.929 bits per heavy atom. The Morgan fingerprint density at radius 2 is 1.29 bits per heavy atom. The van der Waals surface area contributed by atoms with Crippen molar-refractivity contribution in [3.05, 3.63) is 35.4 Å². The molecular formula is C13H22O. The molecule has 0 unspecified atom stereocenters. The van der Waals surface area contributed by atoms with E-state index in [9.17, 15) is 4.79 Å². The molecule has 14 heavy (non-hydrogen) atoms. The van der Waals surface area contributed by atoms with Crippen LogP contribution >= 0.6 is 0 Å². The fourth-order valence-electron chi connectivity index (χ4n) is 0.788. The second kappa shape index (κ2) is 9.97. The van der Waals surface area contributed by atoms with Crippen LogP contribution in [0.5, 0.6) is 0 Å². The van der Waals surface area contributed by atoms with Gasteiger partial charge in [-0.3, -0.25) is 4.79 Å². The van der Waals surface area contributed by atoms with Crippen LogP contribution in [-0.2, 0) is 0 Å². The minimum absolute atomic E-state index is 0.125. The highest BCUT2D eigenvalue weighted by Crippen LogP contribution is 2.02. The van der Waals surface area contributed by atoms with Crippen molar-refractivity contribution in [1.29, 1.82) is 0 Å². The van der Waals surface area contributed by atoms with Gasteiger partial charge < -0.3 is 0 Å². The molecule has 0 heterocycles. The summed E-state index contributed by atoms with van der Waals surface area (Å²) in [6, 6.07) is 7.57. The lowest BCUT2D eigenvalue weighted by molar-refractivity contribution is 0.101. The zero-order chi connectivity index (χ0) is 11.6. The smallest absolute Gasteiger partial charge is 0.159 e. The Labute approximate surface area is 88.2 Å². The van der Waals surface area contributed by atoms with E-state index in [1.807, 2.05) is 58.9 Å². The Bertz CT molecular complexity index is 234. The third-order valence-corrected chi connectivity index (χ3v) is 1.46. The van der Waals surface area contributed by atoms with Crippen LogP contribution in [0.2, 0.25) is 0 Å². The van der Waals surface area contributed by atoms with Gasteiger partial charge in [-0.2, -0.15) is 0 Å². The summed E-state index contributed by atoms with van der Waals surface area (Å²) < 4.78 is 0. The van der Waals surface area contributed by atoms with Crippen LogP contribution in [0, 0.1) is 6.92 Å². The molecule has 1 rings (SSSR count). The largest absolute Gasteiger partial charge is 0.295 e. The monoisotopic (exact) mass is 194 g/mol. The molecule has 0 fully saturated rings. The summed E-state index contributed by atoms with van der Waals surface area (Å²) in [6.45, 7) is 11.6. The number of carbonyl (C=O) groups is 1. The Hall–Kier alpha value is -1.11. The number of hydrogen-bond donors (Lipinski definition) is 0. The number of hydrogen-bond acceptors (Lipinski definition) is 1. The molecule has 1 nitrogen and oxygen atoms in total. The van der Waals surface area contributed by atoms with E-state index in [-0.39, 0.29) is 5.78 Å². The topological polar surface area (TPSA) is 17.1 Å². The van der Waals surface area contributed by atoms with Crippen molar-refractivity contribution in [3.8, 4) is 0 Å². The van der Waals surface area contributed by atoms with Crippen molar-refractivity contribution < 1.29 is 4.79 Å². The van der Waals surface area contributed by atoms with Gasteiger partial charge in [0.05, 0.1) is 0 Å². The van der Waals surface area contributed by atoms with E-state index in [4.69, 9.17) is 0 Å². The van der Waals surface area contributed by atoms with Gasteiger partial charge in [-0.15, -0.1) is 0 Å². The molecule has 0 aliphatic heterocycles. The highest BCUT2D eigenvalue weighted by atomic mass is 16.1. The summed E-state index contributed by atoms with van der Waals surface area (Å²) >= 11 is 0. The summed E-state index contributed by atoms with van der Waals surface area (Å²) in [5.74, 6) is 0.125. The number of ketones is 1. The van der Waals surface area contributed by atoms with Crippen LogP contribution < -0.4 is 0 Å². The van der Waals surface area contributed by atoms with E-state index in [1.54, 1.807) is 6.92 Å². The van der Waals surface area contributed by atoms with Crippen LogP contribution in [0.1, 0.15) is 50.5 Å². The predicted molar refractivity (Wildman–Crippen MR) is 63.9 cm³/mol. The minimum Gasteiger partial charge on any atom is -0.295 e. The van der Waals surface area contributed by atoms with Crippen LogP contribution in [0.15, 0.2) is 24.3 Å². The van der Waals surface area contributed by atoms with Gasteiger partial charge in [0.2, 0.25) is 0 Å². The average molecular weight is 194 g/mol. The molecule has 0 spiro atoms. The minimum atomic E-state index is 0.125. The van der Waals surface area contributed by atoms with Crippen molar-refractivity contribution in [2.45, 2.75) is 41.5 Å². The first kappa shape index (κ1) is 15.4. The highest BCUT2D eigenvalue weighted by Gasteiger charge is 1.95.